The summed E-state index contributed by atoms with van der Waals surface area (Å²) < 4.78 is 4.98. The van der Waals surface area contributed by atoms with Crippen LogP contribution in [0.1, 0.15) is 30.4 Å². The summed E-state index contributed by atoms with van der Waals surface area (Å²) in [5.41, 5.74) is 2.59. The first-order chi connectivity index (χ1) is 13.4. The van der Waals surface area contributed by atoms with E-state index in [2.05, 4.69) is 5.32 Å². The number of fused-ring (bicyclic) bond motifs is 1. The number of nitrogens with zero attached hydrogens (tertiary/aromatic N) is 1. The Morgan fingerprint density at radius 2 is 1.75 bits per heavy atom. The van der Waals surface area contributed by atoms with Gasteiger partial charge in [-0.25, -0.2) is 0 Å². The molecule has 0 radical (unpaired) electrons. The van der Waals surface area contributed by atoms with Crippen molar-refractivity contribution in [1.82, 2.24) is 4.90 Å². The minimum Gasteiger partial charge on any atom is -0.456 e. The zero-order valence-electron chi connectivity index (χ0n) is 16.1. The number of rotatable bonds is 6. The molecule has 7 nitrogen and oxygen atoms in total. The van der Waals surface area contributed by atoms with E-state index in [0.29, 0.717) is 18.5 Å². The van der Waals surface area contributed by atoms with Crippen LogP contribution in [0.15, 0.2) is 30.4 Å². The second-order valence-corrected chi connectivity index (χ2v) is 7.26. The second-order valence-electron chi connectivity index (χ2n) is 7.26. The molecule has 1 saturated heterocycles. The Morgan fingerprint density at radius 1 is 1.11 bits per heavy atom. The lowest BCUT2D eigenvalue weighted by molar-refractivity contribution is -0.148. The van der Waals surface area contributed by atoms with Gasteiger partial charge in [-0.1, -0.05) is 24.3 Å². The zero-order valence-corrected chi connectivity index (χ0v) is 16.1. The molecule has 0 spiro atoms. The minimum absolute atomic E-state index is 0.0118. The molecule has 0 bridgehead atoms. The van der Waals surface area contributed by atoms with Crippen LogP contribution in [0, 0.1) is 25.7 Å². The van der Waals surface area contributed by atoms with Crippen LogP contribution in [0.3, 0.4) is 0 Å². The highest BCUT2D eigenvalue weighted by Crippen LogP contribution is 2.35. The number of anilines is 1. The Hall–Kier alpha value is -2.96. The Morgan fingerprint density at radius 3 is 2.39 bits per heavy atom. The Labute approximate surface area is 163 Å². The van der Waals surface area contributed by atoms with Crippen LogP contribution >= 0.6 is 0 Å². The van der Waals surface area contributed by atoms with Crippen molar-refractivity contribution in [1.29, 1.82) is 0 Å². The monoisotopic (exact) mass is 384 g/mol. The summed E-state index contributed by atoms with van der Waals surface area (Å²) in [5.74, 6) is -2.12. The van der Waals surface area contributed by atoms with E-state index in [9.17, 15) is 19.2 Å². The number of benzene rings is 1. The standard InChI is InChI=1S/C21H24N2O5/c1-13-7-8-14(2)17(11-13)22-18(24)12-28-19(25)9-10-23-20(26)15-5-3-4-6-16(15)21(23)27/h3-4,7-8,11,15-16H,5-6,9-10,12H2,1-2H3,(H,22,24)/t15-,16-/m0/s1. The minimum atomic E-state index is -0.621. The first-order valence-corrected chi connectivity index (χ1v) is 9.39. The number of carbonyl (C=O) groups excluding carboxylic acids is 4. The quantitative estimate of drug-likeness (QED) is 0.461. The van der Waals surface area contributed by atoms with Gasteiger partial charge in [-0.2, -0.15) is 0 Å². The number of imide groups is 1. The summed E-state index contributed by atoms with van der Waals surface area (Å²) in [6.45, 7) is 3.37. The number of hydrogen-bond acceptors (Lipinski definition) is 5. The fourth-order valence-corrected chi connectivity index (χ4v) is 3.57. The SMILES string of the molecule is Cc1ccc(C)c(NC(=O)COC(=O)CCN2C(=O)[C@H]3CC=CC[C@@H]3C2=O)c1. The molecule has 1 aliphatic heterocycles. The fourth-order valence-electron chi connectivity index (χ4n) is 3.57. The van der Waals surface area contributed by atoms with Crippen LogP contribution in [0.4, 0.5) is 5.69 Å². The molecule has 148 valence electrons. The first kappa shape index (κ1) is 19.8. The topological polar surface area (TPSA) is 92.8 Å². The van der Waals surface area contributed by atoms with Crippen LogP contribution < -0.4 is 5.32 Å². The number of esters is 1. The lowest BCUT2D eigenvalue weighted by Crippen LogP contribution is -2.33. The second kappa shape index (κ2) is 8.37. The van der Waals surface area contributed by atoms with Crippen LogP contribution in [0.5, 0.6) is 0 Å². The summed E-state index contributed by atoms with van der Waals surface area (Å²) in [4.78, 5) is 49.8. The van der Waals surface area contributed by atoms with Crippen molar-refractivity contribution in [2.75, 3.05) is 18.5 Å². The molecule has 1 heterocycles. The molecule has 7 heteroatoms. The highest BCUT2D eigenvalue weighted by molar-refractivity contribution is 6.05. The van der Waals surface area contributed by atoms with Crippen molar-refractivity contribution in [3.8, 4) is 0 Å². The van der Waals surface area contributed by atoms with Gasteiger partial charge in [0.1, 0.15) is 0 Å². The van der Waals surface area contributed by atoms with Gasteiger partial charge in [0.05, 0.1) is 18.3 Å². The van der Waals surface area contributed by atoms with Gasteiger partial charge >= 0.3 is 5.97 Å². The van der Waals surface area contributed by atoms with Crippen LogP contribution in [0.25, 0.3) is 0 Å². The molecule has 3 rings (SSSR count). The lowest BCUT2D eigenvalue weighted by Gasteiger charge is -2.14. The molecule has 1 fully saturated rings. The number of aryl methyl sites for hydroxylation is 2. The van der Waals surface area contributed by atoms with E-state index in [1.807, 2.05) is 44.2 Å². The molecule has 0 unspecified atom stereocenters. The molecule has 0 saturated carbocycles. The first-order valence-electron chi connectivity index (χ1n) is 9.39. The van der Waals surface area contributed by atoms with Crippen LogP contribution in [-0.4, -0.2) is 41.7 Å². The molecule has 3 amide bonds. The Balaban J connectivity index is 1.45. The normalized spacial score (nSPS) is 20.9. The van der Waals surface area contributed by atoms with Crippen molar-refractivity contribution in [2.45, 2.75) is 33.1 Å². The number of ether oxygens (including phenoxy) is 1. The van der Waals surface area contributed by atoms with Crippen molar-refractivity contribution in [2.24, 2.45) is 11.8 Å². The molecule has 1 aromatic rings. The highest BCUT2D eigenvalue weighted by Gasteiger charge is 2.46. The average molecular weight is 384 g/mol. The maximum atomic E-state index is 12.3. The predicted molar refractivity (Wildman–Crippen MR) is 102 cm³/mol. The predicted octanol–water partition coefficient (Wildman–Crippen LogP) is 2.13. The Kier molecular flexibility index (Phi) is 5.92. The summed E-state index contributed by atoms with van der Waals surface area (Å²) in [5, 5.41) is 2.71. The van der Waals surface area contributed by atoms with E-state index in [-0.39, 0.29) is 36.6 Å². The summed E-state index contributed by atoms with van der Waals surface area (Å²) in [7, 11) is 0. The molecular formula is C21H24N2O5. The number of amides is 3. The maximum Gasteiger partial charge on any atom is 0.308 e. The number of nitrogens with one attached hydrogen (secondary N) is 1. The molecular weight excluding hydrogens is 360 g/mol. The number of hydrogen-bond donors (Lipinski definition) is 1. The largest absolute Gasteiger partial charge is 0.456 e. The average Bonchev–Trinajstić information content (AvgIpc) is 2.92. The van der Waals surface area contributed by atoms with Crippen molar-refractivity contribution in [3.63, 3.8) is 0 Å². The number of allylic oxidation sites excluding steroid dienone is 2. The molecule has 0 aromatic heterocycles. The highest BCUT2D eigenvalue weighted by atomic mass is 16.5. The van der Waals surface area contributed by atoms with Gasteiger partial charge in [0, 0.05) is 12.2 Å². The molecule has 2 atom stereocenters. The van der Waals surface area contributed by atoms with Gasteiger partial charge in [0.15, 0.2) is 6.61 Å². The summed E-state index contributed by atoms with van der Waals surface area (Å²) >= 11 is 0. The molecule has 1 aliphatic carbocycles. The smallest absolute Gasteiger partial charge is 0.308 e. The summed E-state index contributed by atoms with van der Waals surface area (Å²) in [6.07, 6.45) is 4.84. The van der Waals surface area contributed by atoms with Gasteiger partial charge in [-0.3, -0.25) is 24.1 Å². The summed E-state index contributed by atoms with van der Waals surface area (Å²) in [6, 6.07) is 5.68. The van der Waals surface area contributed by atoms with Gasteiger partial charge in [0.2, 0.25) is 11.8 Å². The van der Waals surface area contributed by atoms with E-state index >= 15 is 0 Å². The van der Waals surface area contributed by atoms with Gasteiger partial charge in [0.25, 0.3) is 5.91 Å². The van der Waals surface area contributed by atoms with E-state index < -0.39 is 18.5 Å². The molecule has 28 heavy (non-hydrogen) atoms. The molecule has 1 aromatic carbocycles. The number of carbonyl (C=O) groups is 4. The van der Waals surface area contributed by atoms with Crippen molar-refractivity contribution >= 4 is 29.4 Å². The third kappa shape index (κ3) is 4.30. The van der Waals surface area contributed by atoms with E-state index in [0.717, 1.165) is 16.0 Å². The van der Waals surface area contributed by atoms with Crippen molar-refractivity contribution in [3.05, 3.63) is 41.5 Å². The number of likely N-dealkylation sites (tertiary alicyclic amines) is 1. The van der Waals surface area contributed by atoms with Gasteiger partial charge in [-0.05, 0) is 43.9 Å². The van der Waals surface area contributed by atoms with Crippen LogP contribution in [-0.2, 0) is 23.9 Å². The van der Waals surface area contributed by atoms with Crippen molar-refractivity contribution < 1.29 is 23.9 Å². The maximum absolute atomic E-state index is 12.3. The third-order valence-corrected chi connectivity index (χ3v) is 5.17. The van der Waals surface area contributed by atoms with Gasteiger partial charge in [-0.15, -0.1) is 0 Å². The fraction of sp³-hybridized carbons (Fsp3) is 0.429. The zero-order chi connectivity index (χ0) is 20.3. The molecule has 1 N–H and O–H groups in total. The van der Waals surface area contributed by atoms with Gasteiger partial charge < -0.3 is 10.1 Å². The Bertz CT molecular complexity index is 819. The van der Waals surface area contributed by atoms with E-state index in [4.69, 9.17) is 4.74 Å². The molecule has 2 aliphatic rings. The van der Waals surface area contributed by atoms with Crippen LogP contribution in [0.2, 0.25) is 0 Å². The van der Waals surface area contributed by atoms with E-state index in [1.165, 1.54) is 0 Å². The lowest BCUT2D eigenvalue weighted by atomic mass is 9.85. The van der Waals surface area contributed by atoms with E-state index in [1.54, 1.807) is 0 Å². The third-order valence-electron chi connectivity index (χ3n) is 5.17.